The maximum atomic E-state index is 10.7. The van der Waals surface area contributed by atoms with Gasteiger partial charge in [-0.2, -0.15) is 4.58 Å². The van der Waals surface area contributed by atoms with Gasteiger partial charge < -0.3 is 5.11 Å². The minimum Gasteiger partial charge on any atom is -0.481 e. The molecular formula is C25H28NO2S2+. The van der Waals surface area contributed by atoms with Gasteiger partial charge in [0.05, 0.1) is 5.41 Å². The van der Waals surface area contributed by atoms with Gasteiger partial charge in [-0.1, -0.05) is 6.07 Å². The largest absolute Gasteiger partial charge is 0.481 e. The molecule has 0 amide bonds. The van der Waals surface area contributed by atoms with Crippen molar-refractivity contribution in [3.8, 4) is 20.2 Å². The number of thiophene rings is 2. The van der Waals surface area contributed by atoms with Gasteiger partial charge in [0.15, 0.2) is 5.71 Å². The van der Waals surface area contributed by atoms with Gasteiger partial charge in [0, 0.05) is 46.0 Å². The van der Waals surface area contributed by atoms with Crippen LogP contribution in [0.3, 0.4) is 0 Å². The Labute approximate surface area is 186 Å². The number of carbonyl (C=O) groups is 1. The normalized spacial score (nSPS) is 14.9. The van der Waals surface area contributed by atoms with Gasteiger partial charge in [0.25, 0.3) is 0 Å². The molecule has 5 heteroatoms. The van der Waals surface area contributed by atoms with Crippen molar-refractivity contribution in [3.63, 3.8) is 0 Å². The molecule has 156 valence electrons. The first-order valence-corrected chi connectivity index (χ1v) is 12.2. The molecule has 0 saturated carbocycles. The van der Waals surface area contributed by atoms with Crippen LogP contribution in [-0.4, -0.2) is 27.9 Å². The van der Waals surface area contributed by atoms with E-state index in [1.54, 1.807) is 11.3 Å². The fraction of sp³-hybridized carbons (Fsp3) is 0.360. The molecule has 1 aromatic carbocycles. The van der Waals surface area contributed by atoms with E-state index in [0.29, 0.717) is 0 Å². The van der Waals surface area contributed by atoms with E-state index in [9.17, 15) is 4.79 Å². The minimum absolute atomic E-state index is 0.000247. The Morgan fingerprint density at radius 2 is 1.83 bits per heavy atom. The molecule has 0 fully saturated rings. The zero-order valence-corrected chi connectivity index (χ0v) is 19.4. The Morgan fingerprint density at radius 1 is 1.03 bits per heavy atom. The molecule has 0 unspecified atom stereocenters. The Morgan fingerprint density at radius 3 is 2.57 bits per heavy atom. The second-order valence-corrected chi connectivity index (χ2v) is 10.5. The zero-order chi connectivity index (χ0) is 21.3. The molecule has 3 heterocycles. The topological polar surface area (TPSA) is 40.3 Å². The molecule has 1 N–H and O–H groups in total. The van der Waals surface area contributed by atoms with Crippen LogP contribution < -0.4 is 0 Å². The number of nitrogens with zero attached hydrogens (tertiary/aromatic N) is 1. The number of hydrogen-bond donors (Lipinski definition) is 1. The average Bonchev–Trinajstić information content (AvgIpc) is 3.44. The second-order valence-electron chi connectivity index (χ2n) is 8.44. The lowest BCUT2D eigenvalue weighted by atomic mass is 9.81. The average molecular weight is 439 g/mol. The van der Waals surface area contributed by atoms with Crippen molar-refractivity contribution in [2.45, 2.75) is 51.9 Å². The third kappa shape index (κ3) is 4.01. The number of carboxylic acids is 1. The van der Waals surface area contributed by atoms with Crippen LogP contribution >= 0.6 is 22.7 Å². The molecule has 0 atom stereocenters. The summed E-state index contributed by atoms with van der Waals surface area (Å²) < 4.78 is 2.44. The van der Waals surface area contributed by atoms with E-state index >= 15 is 0 Å². The van der Waals surface area contributed by atoms with Crippen LogP contribution in [0.25, 0.3) is 20.2 Å². The maximum absolute atomic E-state index is 10.7. The van der Waals surface area contributed by atoms with E-state index in [-0.39, 0.29) is 11.8 Å². The fourth-order valence-electron chi connectivity index (χ4n) is 4.19. The summed E-state index contributed by atoms with van der Waals surface area (Å²) in [7, 11) is 0. The molecule has 3 aromatic rings. The highest BCUT2D eigenvalue weighted by atomic mass is 32.1. The van der Waals surface area contributed by atoms with Crippen molar-refractivity contribution >= 4 is 40.0 Å². The molecular weight excluding hydrogens is 410 g/mol. The monoisotopic (exact) mass is 438 g/mol. The van der Waals surface area contributed by atoms with Crippen LogP contribution in [-0.2, 0) is 10.2 Å². The summed E-state index contributed by atoms with van der Waals surface area (Å²) in [6.45, 7) is 7.79. The highest BCUT2D eigenvalue weighted by Gasteiger charge is 2.42. The first-order valence-electron chi connectivity index (χ1n) is 10.5. The van der Waals surface area contributed by atoms with Gasteiger partial charge in [0.1, 0.15) is 6.54 Å². The van der Waals surface area contributed by atoms with Gasteiger partial charge in [-0.25, -0.2) is 0 Å². The van der Waals surface area contributed by atoms with E-state index < -0.39 is 5.97 Å². The summed E-state index contributed by atoms with van der Waals surface area (Å²) in [5.41, 5.74) is 5.34. The minimum atomic E-state index is -0.700. The molecule has 2 aromatic heterocycles. The van der Waals surface area contributed by atoms with Gasteiger partial charge >= 0.3 is 5.97 Å². The summed E-state index contributed by atoms with van der Waals surface area (Å²) in [5, 5.41) is 11.0. The first-order chi connectivity index (χ1) is 14.4. The van der Waals surface area contributed by atoms with Crippen LogP contribution in [0.4, 0.5) is 5.69 Å². The maximum Gasteiger partial charge on any atom is 0.303 e. The number of unbranched alkanes of at least 4 members (excludes halogenated alkanes) is 2. The van der Waals surface area contributed by atoms with Crippen molar-refractivity contribution in [2.75, 3.05) is 6.54 Å². The fourth-order valence-corrected chi connectivity index (χ4v) is 6.03. The standard InChI is InChI=1S/C25H27NO2S2/c1-17-25(2,3)19-16-18(21-12-13-23(30-21)22-8-7-15-29-22)10-11-20(19)26(17)14-6-4-5-9-24(27)28/h7-8,10-13,15-16H,4-6,9,14H2,1-3H3/p+1. The van der Waals surface area contributed by atoms with E-state index in [1.165, 1.54) is 37.2 Å². The van der Waals surface area contributed by atoms with Crippen molar-refractivity contribution in [3.05, 3.63) is 53.4 Å². The van der Waals surface area contributed by atoms with E-state index in [4.69, 9.17) is 5.11 Å². The smallest absolute Gasteiger partial charge is 0.303 e. The van der Waals surface area contributed by atoms with E-state index in [0.717, 1.165) is 25.8 Å². The SMILES string of the molecule is CC1=[N+](CCCCCC(=O)O)c2ccc(-c3ccc(-c4cccs4)s3)cc2C1(C)C. The Bertz CT molecular complexity index is 1090. The molecule has 0 saturated heterocycles. The van der Waals surface area contributed by atoms with Crippen molar-refractivity contribution in [1.82, 2.24) is 0 Å². The molecule has 1 aliphatic heterocycles. The van der Waals surface area contributed by atoms with Crippen LogP contribution in [0, 0.1) is 0 Å². The molecule has 3 nitrogen and oxygen atoms in total. The predicted molar refractivity (Wildman–Crippen MR) is 128 cm³/mol. The summed E-state index contributed by atoms with van der Waals surface area (Å²) in [6, 6.07) is 15.6. The number of carboxylic acid groups (broad SMARTS) is 1. The number of hydrogen-bond acceptors (Lipinski definition) is 3. The summed E-state index contributed by atoms with van der Waals surface area (Å²) >= 11 is 3.64. The van der Waals surface area contributed by atoms with Crippen LogP contribution in [0.5, 0.6) is 0 Å². The molecule has 30 heavy (non-hydrogen) atoms. The second kappa shape index (κ2) is 8.48. The Balaban J connectivity index is 1.55. The molecule has 0 radical (unpaired) electrons. The Hall–Kier alpha value is -2.24. The summed E-state index contributed by atoms with van der Waals surface area (Å²) in [6.07, 6.45) is 2.98. The molecule has 4 rings (SSSR count). The number of benzene rings is 1. The predicted octanol–water partition coefficient (Wildman–Crippen LogP) is 7.18. The quantitative estimate of drug-likeness (QED) is 0.299. The first kappa shape index (κ1) is 21.0. The van der Waals surface area contributed by atoms with Crippen LogP contribution in [0.2, 0.25) is 0 Å². The summed E-state index contributed by atoms with van der Waals surface area (Å²) in [5.74, 6) is -0.700. The number of aliphatic carboxylic acids is 1. The third-order valence-electron chi connectivity index (χ3n) is 6.20. The lowest BCUT2D eigenvalue weighted by Crippen LogP contribution is -2.26. The zero-order valence-electron chi connectivity index (χ0n) is 17.8. The van der Waals surface area contributed by atoms with Crippen LogP contribution in [0.1, 0.15) is 52.0 Å². The van der Waals surface area contributed by atoms with E-state index in [2.05, 4.69) is 73.2 Å². The summed E-state index contributed by atoms with van der Waals surface area (Å²) in [4.78, 5) is 14.7. The van der Waals surface area contributed by atoms with Crippen LogP contribution in [0.15, 0.2) is 47.8 Å². The Kier molecular flexibility index (Phi) is 5.94. The van der Waals surface area contributed by atoms with Gasteiger partial charge in [-0.15, -0.1) is 22.7 Å². The van der Waals surface area contributed by atoms with Gasteiger partial charge in [0.2, 0.25) is 5.69 Å². The molecule has 0 spiro atoms. The van der Waals surface area contributed by atoms with Gasteiger partial charge in [-0.3, -0.25) is 4.79 Å². The lowest BCUT2D eigenvalue weighted by Gasteiger charge is -2.15. The number of fused-ring (bicyclic) bond motifs is 1. The van der Waals surface area contributed by atoms with E-state index in [1.807, 2.05) is 11.3 Å². The molecule has 0 bridgehead atoms. The van der Waals surface area contributed by atoms with Gasteiger partial charge in [-0.05, 0) is 68.0 Å². The molecule has 0 aliphatic carbocycles. The van der Waals surface area contributed by atoms with Crippen molar-refractivity contribution < 1.29 is 14.5 Å². The highest BCUT2D eigenvalue weighted by molar-refractivity contribution is 7.23. The number of rotatable bonds is 8. The molecule has 1 aliphatic rings. The van der Waals surface area contributed by atoms with Crippen molar-refractivity contribution in [2.24, 2.45) is 0 Å². The van der Waals surface area contributed by atoms with Crippen molar-refractivity contribution in [1.29, 1.82) is 0 Å². The highest BCUT2D eigenvalue weighted by Crippen LogP contribution is 2.43. The third-order valence-corrected chi connectivity index (χ3v) is 8.40. The lowest BCUT2D eigenvalue weighted by molar-refractivity contribution is -0.439.